The van der Waals surface area contributed by atoms with E-state index < -0.39 is 0 Å². The monoisotopic (exact) mass is 460 g/mol. The maximum Gasteiger partial charge on any atom is 0.273 e. The number of likely N-dealkylation sites (tertiary alicyclic amines) is 1. The van der Waals surface area contributed by atoms with Gasteiger partial charge in [0.1, 0.15) is 23.3 Å². The summed E-state index contributed by atoms with van der Waals surface area (Å²) in [6, 6.07) is 17.8. The van der Waals surface area contributed by atoms with Gasteiger partial charge in [-0.1, -0.05) is 60.1 Å². The molecule has 1 amide bonds. The van der Waals surface area contributed by atoms with Gasteiger partial charge in [-0.3, -0.25) is 9.59 Å². The van der Waals surface area contributed by atoms with Gasteiger partial charge in [-0.2, -0.15) is 0 Å². The highest BCUT2D eigenvalue weighted by Crippen LogP contribution is 2.33. The molecule has 0 unspecified atom stereocenters. The molecule has 0 bridgehead atoms. The van der Waals surface area contributed by atoms with E-state index in [1.807, 2.05) is 54.6 Å². The third-order valence-corrected chi connectivity index (χ3v) is 6.07. The van der Waals surface area contributed by atoms with Crippen LogP contribution in [0, 0.1) is 0 Å². The molecule has 8 heteroatoms. The van der Waals surface area contributed by atoms with Crippen molar-refractivity contribution in [2.45, 2.75) is 25.3 Å². The van der Waals surface area contributed by atoms with E-state index in [0.29, 0.717) is 35.5 Å². The predicted octanol–water partition coefficient (Wildman–Crippen LogP) is 4.65. The van der Waals surface area contributed by atoms with E-state index in [-0.39, 0.29) is 23.2 Å². The first-order chi connectivity index (χ1) is 16.1. The molecule has 4 aromatic rings. The van der Waals surface area contributed by atoms with Crippen molar-refractivity contribution >= 4 is 17.5 Å². The fourth-order valence-electron chi connectivity index (χ4n) is 4.10. The Morgan fingerprint density at radius 2 is 1.94 bits per heavy atom. The van der Waals surface area contributed by atoms with Gasteiger partial charge in [0.25, 0.3) is 11.5 Å². The SMILES string of the molecule is O=C(c1cc(=O)[nH]c(-c2ccccc2)n1)N1CCC[C@H]1c1ncc(Cc2ccccc2Cl)o1. The maximum atomic E-state index is 13.3. The first kappa shape index (κ1) is 21.2. The molecule has 7 nitrogen and oxygen atoms in total. The highest BCUT2D eigenvalue weighted by molar-refractivity contribution is 6.31. The Balaban J connectivity index is 1.39. The Hall–Kier alpha value is -3.71. The van der Waals surface area contributed by atoms with Crippen molar-refractivity contribution in [3.8, 4) is 11.4 Å². The van der Waals surface area contributed by atoms with E-state index >= 15 is 0 Å². The van der Waals surface area contributed by atoms with Crippen molar-refractivity contribution in [3.05, 3.63) is 105 Å². The molecule has 3 heterocycles. The highest BCUT2D eigenvalue weighted by atomic mass is 35.5. The number of hydrogen-bond acceptors (Lipinski definition) is 5. The zero-order chi connectivity index (χ0) is 22.8. The summed E-state index contributed by atoms with van der Waals surface area (Å²) in [5.41, 5.74) is 1.41. The van der Waals surface area contributed by atoms with Gasteiger partial charge in [0.05, 0.1) is 6.20 Å². The molecule has 5 rings (SSSR count). The number of nitrogens with one attached hydrogen (secondary N) is 1. The molecule has 1 aliphatic heterocycles. The van der Waals surface area contributed by atoms with Gasteiger partial charge in [-0.05, 0) is 24.5 Å². The summed E-state index contributed by atoms with van der Waals surface area (Å²) >= 11 is 6.26. The third-order valence-electron chi connectivity index (χ3n) is 5.70. The van der Waals surface area contributed by atoms with Crippen molar-refractivity contribution < 1.29 is 9.21 Å². The zero-order valence-electron chi connectivity index (χ0n) is 17.7. The number of benzene rings is 2. The average molecular weight is 461 g/mol. The third kappa shape index (κ3) is 4.45. The number of hydrogen-bond donors (Lipinski definition) is 1. The number of amides is 1. The van der Waals surface area contributed by atoms with Crippen LogP contribution in [0.15, 0.2) is 76.1 Å². The molecule has 0 aliphatic carbocycles. The van der Waals surface area contributed by atoms with Gasteiger partial charge >= 0.3 is 0 Å². The topological polar surface area (TPSA) is 92.1 Å². The van der Waals surface area contributed by atoms with Crippen LogP contribution in [0.2, 0.25) is 5.02 Å². The Morgan fingerprint density at radius 1 is 1.15 bits per heavy atom. The van der Waals surface area contributed by atoms with Crippen LogP contribution in [0.25, 0.3) is 11.4 Å². The molecule has 166 valence electrons. The van der Waals surface area contributed by atoms with Crippen LogP contribution >= 0.6 is 11.6 Å². The molecule has 2 aromatic heterocycles. The Morgan fingerprint density at radius 3 is 2.76 bits per heavy atom. The first-order valence-electron chi connectivity index (χ1n) is 10.7. The van der Waals surface area contributed by atoms with Crippen molar-refractivity contribution in [2.24, 2.45) is 0 Å². The van der Waals surface area contributed by atoms with Gasteiger partial charge in [0.2, 0.25) is 5.89 Å². The molecule has 0 spiro atoms. The Bertz CT molecular complexity index is 1350. The number of rotatable bonds is 5. The van der Waals surface area contributed by atoms with E-state index in [9.17, 15) is 9.59 Å². The Kier molecular flexibility index (Phi) is 5.79. The smallest absolute Gasteiger partial charge is 0.273 e. The minimum Gasteiger partial charge on any atom is -0.443 e. The molecule has 1 fully saturated rings. The lowest BCUT2D eigenvalue weighted by molar-refractivity contribution is 0.0708. The van der Waals surface area contributed by atoms with Crippen LogP contribution in [0.3, 0.4) is 0 Å². The molecule has 1 atom stereocenters. The number of aromatic amines is 1. The van der Waals surface area contributed by atoms with Gasteiger partial charge < -0.3 is 14.3 Å². The number of aromatic nitrogens is 3. The largest absolute Gasteiger partial charge is 0.443 e. The summed E-state index contributed by atoms with van der Waals surface area (Å²) in [5, 5.41) is 0.669. The molecule has 1 aliphatic rings. The lowest BCUT2D eigenvalue weighted by atomic mass is 10.1. The number of carbonyl (C=O) groups excluding carboxylic acids is 1. The second-order valence-corrected chi connectivity index (χ2v) is 8.34. The van der Waals surface area contributed by atoms with Gasteiger partial charge in [-0.15, -0.1) is 0 Å². The molecule has 33 heavy (non-hydrogen) atoms. The molecule has 1 N–H and O–H groups in total. The normalized spacial score (nSPS) is 15.7. The summed E-state index contributed by atoms with van der Waals surface area (Å²) < 4.78 is 6.01. The molecular formula is C25H21ClN4O3. The van der Waals surface area contributed by atoms with Gasteiger partial charge in [-0.25, -0.2) is 9.97 Å². The van der Waals surface area contributed by atoms with Crippen LogP contribution < -0.4 is 5.56 Å². The Labute approximate surface area is 195 Å². The number of oxazole rings is 1. The highest BCUT2D eigenvalue weighted by Gasteiger charge is 2.34. The molecular weight excluding hydrogens is 440 g/mol. The van der Waals surface area contributed by atoms with Crippen LogP contribution in [0.5, 0.6) is 0 Å². The van der Waals surface area contributed by atoms with E-state index in [2.05, 4.69) is 15.0 Å². The lowest BCUT2D eigenvalue weighted by Gasteiger charge is -2.22. The van der Waals surface area contributed by atoms with Crippen molar-refractivity contribution in [3.63, 3.8) is 0 Å². The van der Waals surface area contributed by atoms with E-state index in [4.69, 9.17) is 16.0 Å². The molecule has 0 radical (unpaired) electrons. The fourth-order valence-corrected chi connectivity index (χ4v) is 4.30. The summed E-state index contributed by atoms with van der Waals surface area (Å²) in [6.45, 7) is 0.543. The second-order valence-electron chi connectivity index (χ2n) is 7.93. The van der Waals surface area contributed by atoms with Crippen LogP contribution in [-0.2, 0) is 6.42 Å². The van der Waals surface area contributed by atoms with Crippen molar-refractivity contribution in [2.75, 3.05) is 6.54 Å². The molecule has 1 saturated heterocycles. The average Bonchev–Trinajstić information content (AvgIpc) is 3.50. The molecule has 0 saturated carbocycles. The standard InChI is InChI=1S/C25H21ClN4O3/c26-19-10-5-4-9-17(19)13-18-15-27-24(33-18)21-11-6-12-30(21)25(32)20-14-22(31)29-23(28-20)16-7-2-1-3-8-16/h1-5,7-10,14-15,21H,6,11-13H2,(H,28,29,31)/t21-/m0/s1. The number of carbonyl (C=O) groups is 1. The quantitative estimate of drug-likeness (QED) is 0.468. The maximum absolute atomic E-state index is 13.3. The summed E-state index contributed by atoms with van der Waals surface area (Å²) in [7, 11) is 0. The lowest BCUT2D eigenvalue weighted by Crippen LogP contribution is -2.32. The number of nitrogens with zero attached hydrogens (tertiary/aromatic N) is 3. The summed E-state index contributed by atoms with van der Waals surface area (Å²) in [4.78, 5) is 38.8. The predicted molar refractivity (Wildman–Crippen MR) is 124 cm³/mol. The van der Waals surface area contributed by atoms with Crippen LogP contribution in [0.1, 0.15) is 46.6 Å². The zero-order valence-corrected chi connectivity index (χ0v) is 18.5. The fraction of sp³-hybridized carbons (Fsp3) is 0.200. The van der Waals surface area contributed by atoms with E-state index in [0.717, 1.165) is 24.0 Å². The minimum absolute atomic E-state index is 0.104. The van der Waals surface area contributed by atoms with Crippen LogP contribution in [0.4, 0.5) is 0 Å². The number of halogens is 1. The molecule has 2 aromatic carbocycles. The summed E-state index contributed by atoms with van der Waals surface area (Å²) in [6.07, 6.45) is 3.74. The van der Waals surface area contributed by atoms with Crippen molar-refractivity contribution in [1.82, 2.24) is 19.9 Å². The first-order valence-corrected chi connectivity index (χ1v) is 11.1. The summed E-state index contributed by atoms with van der Waals surface area (Å²) in [5.74, 6) is 1.21. The van der Waals surface area contributed by atoms with Crippen LogP contribution in [-0.4, -0.2) is 32.3 Å². The van der Waals surface area contributed by atoms with Gasteiger partial charge in [0, 0.05) is 29.6 Å². The van der Waals surface area contributed by atoms with Gasteiger partial charge in [0.15, 0.2) is 0 Å². The van der Waals surface area contributed by atoms with E-state index in [1.165, 1.54) is 6.07 Å². The minimum atomic E-state index is -0.374. The number of H-pyrrole nitrogens is 1. The van der Waals surface area contributed by atoms with Crippen molar-refractivity contribution in [1.29, 1.82) is 0 Å². The second kappa shape index (κ2) is 9.03. The van der Waals surface area contributed by atoms with E-state index in [1.54, 1.807) is 11.1 Å².